The van der Waals surface area contributed by atoms with Crippen LogP contribution in [0.25, 0.3) is 10.9 Å². The first-order valence-corrected chi connectivity index (χ1v) is 6.37. The van der Waals surface area contributed by atoms with Gasteiger partial charge in [0.05, 0.1) is 5.52 Å². The van der Waals surface area contributed by atoms with Gasteiger partial charge in [-0.15, -0.1) is 0 Å². The summed E-state index contributed by atoms with van der Waals surface area (Å²) in [6, 6.07) is 10.4. The molecule has 0 aliphatic carbocycles. The van der Waals surface area contributed by atoms with Gasteiger partial charge in [0.25, 0.3) is 0 Å². The van der Waals surface area contributed by atoms with Crippen LogP contribution in [0.3, 0.4) is 0 Å². The summed E-state index contributed by atoms with van der Waals surface area (Å²) >= 11 is 0. The van der Waals surface area contributed by atoms with Gasteiger partial charge in [-0.05, 0) is 23.6 Å². The zero-order valence-corrected chi connectivity index (χ0v) is 10.6. The fraction of sp³-hybridized carbons (Fsp3) is 0.400. The van der Waals surface area contributed by atoms with Crippen molar-refractivity contribution in [2.24, 2.45) is 11.7 Å². The van der Waals surface area contributed by atoms with Crippen molar-refractivity contribution in [3.05, 3.63) is 42.1 Å². The number of fused-ring (bicyclic) bond motifs is 1. The maximum Gasteiger partial charge on any atom is 0.0705 e. The van der Waals surface area contributed by atoms with E-state index in [9.17, 15) is 0 Å². The third kappa shape index (κ3) is 2.32. The van der Waals surface area contributed by atoms with E-state index in [1.54, 1.807) is 0 Å². The molecule has 2 heteroatoms. The molecule has 1 heterocycles. The van der Waals surface area contributed by atoms with Gasteiger partial charge in [0, 0.05) is 17.6 Å². The minimum absolute atomic E-state index is 0.109. The zero-order chi connectivity index (χ0) is 12.3. The fourth-order valence-electron chi connectivity index (χ4n) is 2.47. The highest BCUT2D eigenvalue weighted by Gasteiger charge is 2.17. The lowest BCUT2D eigenvalue weighted by Crippen LogP contribution is -2.20. The molecule has 1 aromatic carbocycles. The molecule has 0 saturated heterocycles. The molecule has 2 N–H and O–H groups in total. The summed E-state index contributed by atoms with van der Waals surface area (Å²) in [5, 5.41) is 1.19. The molecule has 1 atom stereocenters. The molecule has 2 aromatic rings. The van der Waals surface area contributed by atoms with E-state index in [0.29, 0.717) is 5.92 Å². The maximum absolute atomic E-state index is 6.40. The van der Waals surface area contributed by atoms with Crippen LogP contribution in [0.1, 0.15) is 38.3 Å². The van der Waals surface area contributed by atoms with Gasteiger partial charge in [0.1, 0.15) is 0 Å². The minimum Gasteiger partial charge on any atom is -0.324 e. The molecule has 2 rings (SSSR count). The summed E-state index contributed by atoms with van der Waals surface area (Å²) in [5.74, 6) is 0.542. The molecule has 0 fully saturated rings. The van der Waals surface area contributed by atoms with Gasteiger partial charge in [0.2, 0.25) is 0 Å². The number of hydrogen-bond donors (Lipinski definition) is 1. The number of rotatable bonds is 4. The second kappa shape index (κ2) is 5.28. The van der Waals surface area contributed by atoms with Crippen molar-refractivity contribution in [1.29, 1.82) is 0 Å². The van der Waals surface area contributed by atoms with E-state index in [1.807, 2.05) is 24.4 Å². The molecule has 1 unspecified atom stereocenters. The normalized spacial score (nSPS) is 13.2. The van der Waals surface area contributed by atoms with Gasteiger partial charge in [0.15, 0.2) is 0 Å². The Hall–Kier alpha value is -1.41. The van der Waals surface area contributed by atoms with Crippen molar-refractivity contribution < 1.29 is 0 Å². The number of nitrogens with zero attached hydrogens (tertiary/aromatic N) is 1. The van der Waals surface area contributed by atoms with Crippen LogP contribution in [0.5, 0.6) is 0 Å². The van der Waals surface area contributed by atoms with Crippen LogP contribution in [0.4, 0.5) is 0 Å². The second-order valence-electron chi connectivity index (χ2n) is 4.52. The average Bonchev–Trinajstić information content (AvgIpc) is 2.39. The number of aromatic nitrogens is 1. The Morgan fingerprint density at radius 2 is 1.88 bits per heavy atom. The van der Waals surface area contributed by atoms with Crippen LogP contribution in [0.15, 0.2) is 36.5 Å². The van der Waals surface area contributed by atoms with E-state index in [1.165, 1.54) is 10.9 Å². The lowest BCUT2D eigenvalue weighted by molar-refractivity contribution is 0.407. The van der Waals surface area contributed by atoms with Gasteiger partial charge in [-0.1, -0.05) is 44.9 Å². The summed E-state index contributed by atoms with van der Waals surface area (Å²) in [6.07, 6.45) is 4.07. The Morgan fingerprint density at radius 1 is 1.12 bits per heavy atom. The molecule has 1 aromatic heterocycles. The zero-order valence-electron chi connectivity index (χ0n) is 10.6. The van der Waals surface area contributed by atoms with Crippen LogP contribution in [-0.2, 0) is 0 Å². The molecule has 2 nitrogen and oxygen atoms in total. The highest BCUT2D eigenvalue weighted by molar-refractivity contribution is 5.82. The summed E-state index contributed by atoms with van der Waals surface area (Å²) < 4.78 is 0. The van der Waals surface area contributed by atoms with Crippen molar-refractivity contribution in [1.82, 2.24) is 4.98 Å². The molecule has 0 bridgehead atoms. The first kappa shape index (κ1) is 12.1. The van der Waals surface area contributed by atoms with E-state index < -0.39 is 0 Å². The van der Waals surface area contributed by atoms with E-state index in [0.717, 1.165) is 18.4 Å². The van der Waals surface area contributed by atoms with Crippen molar-refractivity contribution in [3.63, 3.8) is 0 Å². The Labute approximate surface area is 103 Å². The molecule has 0 amide bonds. The molecule has 0 aliphatic heterocycles. The summed E-state index contributed by atoms with van der Waals surface area (Å²) in [4.78, 5) is 4.38. The maximum atomic E-state index is 6.40. The predicted octanol–water partition coefficient (Wildman–Crippen LogP) is 3.67. The summed E-state index contributed by atoms with van der Waals surface area (Å²) in [7, 11) is 0. The monoisotopic (exact) mass is 228 g/mol. The van der Waals surface area contributed by atoms with Crippen LogP contribution >= 0.6 is 0 Å². The second-order valence-corrected chi connectivity index (χ2v) is 4.52. The molecule has 0 radical (unpaired) electrons. The standard InChI is InChI=1S/C15H20N2/c1-3-11(4-2)15(16)13-7-5-9-14-12(13)8-6-10-17-14/h5-11,15H,3-4,16H2,1-2H3. The third-order valence-electron chi connectivity index (χ3n) is 3.60. The van der Waals surface area contributed by atoms with Gasteiger partial charge < -0.3 is 5.73 Å². The molecular formula is C15H20N2. The Kier molecular flexibility index (Phi) is 3.75. The SMILES string of the molecule is CCC(CC)C(N)c1cccc2ncccc12. The van der Waals surface area contributed by atoms with E-state index in [4.69, 9.17) is 5.73 Å². The molecule has 90 valence electrons. The summed E-state index contributed by atoms with van der Waals surface area (Å²) in [6.45, 7) is 4.41. The highest BCUT2D eigenvalue weighted by atomic mass is 14.7. The molecule has 0 aliphatic rings. The van der Waals surface area contributed by atoms with Gasteiger partial charge in [-0.2, -0.15) is 0 Å². The van der Waals surface area contributed by atoms with E-state index >= 15 is 0 Å². The number of hydrogen-bond acceptors (Lipinski definition) is 2. The summed E-state index contributed by atoms with van der Waals surface area (Å²) in [5.41, 5.74) is 8.66. The first-order chi connectivity index (χ1) is 8.27. The lowest BCUT2D eigenvalue weighted by atomic mass is 9.88. The smallest absolute Gasteiger partial charge is 0.0705 e. The van der Waals surface area contributed by atoms with E-state index in [2.05, 4.69) is 31.0 Å². The quantitative estimate of drug-likeness (QED) is 0.867. The Balaban J connectivity index is 2.47. The number of benzene rings is 1. The van der Waals surface area contributed by atoms with Gasteiger partial charge in [-0.3, -0.25) is 4.98 Å². The van der Waals surface area contributed by atoms with Crippen molar-refractivity contribution in [2.75, 3.05) is 0 Å². The van der Waals surface area contributed by atoms with Crippen LogP contribution in [-0.4, -0.2) is 4.98 Å². The Bertz CT molecular complexity index is 484. The van der Waals surface area contributed by atoms with Crippen LogP contribution in [0.2, 0.25) is 0 Å². The molecular weight excluding hydrogens is 208 g/mol. The van der Waals surface area contributed by atoms with Crippen molar-refractivity contribution in [2.45, 2.75) is 32.7 Å². The lowest BCUT2D eigenvalue weighted by Gasteiger charge is -2.22. The van der Waals surface area contributed by atoms with Crippen LogP contribution < -0.4 is 5.73 Å². The topological polar surface area (TPSA) is 38.9 Å². The van der Waals surface area contributed by atoms with E-state index in [-0.39, 0.29) is 6.04 Å². The van der Waals surface area contributed by atoms with Crippen molar-refractivity contribution >= 4 is 10.9 Å². The van der Waals surface area contributed by atoms with Gasteiger partial charge >= 0.3 is 0 Å². The fourth-order valence-corrected chi connectivity index (χ4v) is 2.47. The number of pyridine rings is 1. The first-order valence-electron chi connectivity index (χ1n) is 6.37. The molecule has 17 heavy (non-hydrogen) atoms. The van der Waals surface area contributed by atoms with Crippen molar-refractivity contribution in [3.8, 4) is 0 Å². The highest BCUT2D eigenvalue weighted by Crippen LogP contribution is 2.29. The third-order valence-corrected chi connectivity index (χ3v) is 3.60. The van der Waals surface area contributed by atoms with Gasteiger partial charge in [-0.25, -0.2) is 0 Å². The largest absolute Gasteiger partial charge is 0.324 e. The molecule has 0 saturated carbocycles. The molecule has 0 spiro atoms. The minimum atomic E-state index is 0.109. The predicted molar refractivity (Wildman–Crippen MR) is 72.7 cm³/mol. The number of nitrogens with two attached hydrogens (primary N) is 1. The average molecular weight is 228 g/mol. The van der Waals surface area contributed by atoms with Crippen LogP contribution in [0, 0.1) is 5.92 Å². The Morgan fingerprint density at radius 3 is 2.59 bits per heavy atom.